The van der Waals surface area contributed by atoms with E-state index in [1.807, 2.05) is 13.0 Å². The molecule has 0 spiro atoms. The molecular weight excluding hydrogens is 660 g/mol. The summed E-state index contributed by atoms with van der Waals surface area (Å²) in [5.41, 5.74) is -1.59. The lowest BCUT2D eigenvalue weighted by Gasteiger charge is -2.53. The predicted octanol–water partition coefficient (Wildman–Crippen LogP) is 3.28. The van der Waals surface area contributed by atoms with E-state index >= 15 is 0 Å². The number of esters is 2. The van der Waals surface area contributed by atoms with Crippen LogP contribution < -0.4 is 10.6 Å². The fourth-order valence-corrected chi connectivity index (χ4v) is 8.29. The molecule has 8 atom stereocenters. The van der Waals surface area contributed by atoms with Crippen molar-refractivity contribution in [1.82, 2.24) is 10.6 Å². The Morgan fingerprint density at radius 2 is 1.82 bits per heavy atom. The van der Waals surface area contributed by atoms with Crippen LogP contribution in [0.25, 0.3) is 0 Å². The molecule has 1 saturated heterocycles. The number of nitrogens with one attached hydrogen (secondary N) is 2. The summed E-state index contributed by atoms with van der Waals surface area (Å²) in [4.78, 5) is 79.6. The lowest BCUT2D eigenvalue weighted by molar-refractivity contribution is -0.160. The number of benzene rings is 1. The lowest BCUT2D eigenvalue weighted by atomic mass is 9.53. The quantitative estimate of drug-likeness (QED) is 0.183. The SMILES string of the molecule is CCC(C)C(NC(=O)C(Cc1ccccc1)NC=C1C(=O)OC(COC)C2(C)C1=C(O)C(=O)C1=C2C(OC(C)=O)CC2(C)C(=O)CCC12)C(=O)O. The number of allylic oxidation sites excluding steroid dienone is 1. The van der Waals surface area contributed by atoms with Crippen molar-refractivity contribution in [2.45, 2.75) is 91.0 Å². The van der Waals surface area contributed by atoms with Crippen LogP contribution in [0.1, 0.15) is 65.9 Å². The molecule has 51 heavy (non-hydrogen) atoms. The van der Waals surface area contributed by atoms with Gasteiger partial charge in [-0.1, -0.05) is 57.5 Å². The third kappa shape index (κ3) is 6.59. The Morgan fingerprint density at radius 1 is 1.14 bits per heavy atom. The summed E-state index contributed by atoms with van der Waals surface area (Å²) in [6, 6.07) is 6.69. The highest BCUT2D eigenvalue weighted by Crippen LogP contribution is 2.62. The Kier molecular flexibility index (Phi) is 10.6. The van der Waals surface area contributed by atoms with Crippen LogP contribution in [0, 0.1) is 22.7 Å². The van der Waals surface area contributed by atoms with Gasteiger partial charge in [-0.05, 0) is 30.4 Å². The molecule has 8 unspecified atom stereocenters. The second-order valence-electron chi connectivity index (χ2n) is 14.3. The van der Waals surface area contributed by atoms with Gasteiger partial charge in [0.2, 0.25) is 11.7 Å². The van der Waals surface area contributed by atoms with Crippen molar-refractivity contribution in [1.29, 1.82) is 0 Å². The van der Waals surface area contributed by atoms with Crippen LogP contribution in [-0.2, 0) is 49.4 Å². The number of hydrogen-bond acceptors (Lipinski definition) is 11. The first kappa shape index (κ1) is 37.5. The van der Waals surface area contributed by atoms with Gasteiger partial charge < -0.3 is 35.1 Å². The number of carboxylic acids is 1. The van der Waals surface area contributed by atoms with Crippen molar-refractivity contribution in [2.75, 3.05) is 13.7 Å². The molecule has 1 heterocycles. The molecule has 4 aliphatic rings. The van der Waals surface area contributed by atoms with Crippen molar-refractivity contribution < 1.29 is 53.2 Å². The van der Waals surface area contributed by atoms with Gasteiger partial charge in [0.1, 0.15) is 30.1 Å². The van der Waals surface area contributed by atoms with Crippen molar-refractivity contribution in [2.24, 2.45) is 22.7 Å². The van der Waals surface area contributed by atoms with Gasteiger partial charge in [0.05, 0.1) is 17.6 Å². The fraction of sp³-hybridized carbons (Fsp3) is 0.526. The minimum Gasteiger partial charge on any atom is -0.504 e. The smallest absolute Gasteiger partial charge is 0.340 e. The van der Waals surface area contributed by atoms with E-state index in [9.17, 15) is 39.0 Å². The standard InChI is InChI=1S/C38H46N2O11/c1-7-19(2)31(35(46)47)40-34(45)24(15-21-11-9-8-10-12-21)39-17-22-29-33(44)32(43)28-23-13-14-26(42)37(23,4)16-25(50-20(3)41)30(28)38(29,5)27(18-49-6)51-36(22)48/h8-12,17,19,23-25,27,31,39,44H,7,13-16,18H2,1-6H3,(H,40,45)(H,46,47). The van der Waals surface area contributed by atoms with E-state index in [2.05, 4.69) is 10.6 Å². The number of aliphatic hydroxyl groups excluding tert-OH is 1. The first-order chi connectivity index (χ1) is 24.1. The number of carbonyl (C=O) groups is 6. The third-order valence-corrected chi connectivity index (χ3v) is 11.2. The maximum Gasteiger partial charge on any atom is 0.340 e. The van der Waals surface area contributed by atoms with Crippen molar-refractivity contribution in [3.8, 4) is 0 Å². The zero-order valence-electron chi connectivity index (χ0n) is 29.7. The van der Waals surface area contributed by atoms with E-state index in [1.165, 1.54) is 20.2 Å². The van der Waals surface area contributed by atoms with Gasteiger partial charge in [0.15, 0.2) is 5.76 Å². The zero-order chi connectivity index (χ0) is 37.4. The summed E-state index contributed by atoms with van der Waals surface area (Å²) in [6.07, 6.45) is 0.295. The molecule has 0 bridgehead atoms. The average molecular weight is 707 g/mol. The van der Waals surface area contributed by atoms with Crippen molar-refractivity contribution in [3.05, 3.63) is 70.1 Å². The first-order valence-electron chi connectivity index (χ1n) is 17.3. The molecule has 0 radical (unpaired) electrons. The Morgan fingerprint density at radius 3 is 2.43 bits per heavy atom. The fourth-order valence-electron chi connectivity index (χ4n) is 8.29. The van der Waals surface area contributed by atoms with Crippen LogP contribution in [-0.4, -0.2) is 83.6 Å². The number of methoxy groups -OCH3 is 1. The Balaban J connectivity index is 1.63. The highest BCUT2D eigenvalue weighted by Gasteiger charge is 2.64. The van der Waals surface area contributed by atoms with Crippen molar-refractivity contribution in [3.63, 3.8) is 0 Å². The van der Waals surface area contributed by atoms with Crippen LogP contribution >= 0.6 is 0 Å². The number of ether oxygens (including phenoxy) is 3. The first-order valence-corrected chi connectivity index (χ1v) is 17.3. The summed E-state index contributed by atoms with van der Waals surface area (Å²) in [5, 5.41) is 27.3. The largest absolute Gasteiger partial charge is 0.504 e. The molecule has 1 aromatic rings. The second-order valence-corrected chi connectivity index (χ2v) is 14.3. The van der Waals surface area contributed by atoms with E-state index < -0.39 is 76.4 Å². The number of Topliss-reactive ketones (excluding diaryl/α,β-unsaturated/α-hetero) is 2. The molecule has 1 aromatic carbocycles. The Hall–Kier alpha value is -4.78. The molecule has 2 fully saturated rings. The van der Waals surface area contributed by atoms with Crippen molar-refractivity contribution >= 4 is 35.4 Å². The van der Waals surface area contributed by atoms with Gasteiger partial charge in [-0.25, -0.2) is 9.59 Å². The zero-order valence-corrected chi connectivity index (χ0v) is 29.7. The van der Waals surface area contributed by atoms with E-state index in [1.54, 1.807) is 45.0 Å². The van der Waals surface area contributed by atoms with Crippen LogP contribution in [0.3, 0.4) is 0 Å². The number of cyclic esters (lactones) is 1. The molecule has 13 nitrogen and oxygen atoms in total. The van der Waals surface area contributed by atoms with E-state index in [0.717, 1.165) is 5.56 Å². The molecule has 3 aliphatic carbocycles. The van der Waals surface area contributed by atoms with Gasteiger partial charge in [-0.15, -0.1) is 0 Å². The van der Waals surface area contributed by atoms with Crippen LogP contribution in [0.2, 0.25) is 0 Å². The number of aliphatic carboxylic acids is 1. The van der Waals surface area contributed by atoms with E-state index in [-0.39, 0.29) is 54.3 Å². The van der Waals surface area contributed by atoms with Gasteiger partial charge in [0, 0.05) is 62.0 Å². The summed E-state index contributed by atoms with van der Waals surface area (Å²) >= 11 is 0. The number of ketones is 2. The normalized spacial score (nSPS) is 29.7. The van der Waals surface area contributed by atoms with E-state index in [4.69, 9.17) is 14.2 Å². The minimum absolute atomic E-state index is 0.0714. The second kappa shape index (κ2) is 14.5. The highest BCUT2D eigenvalue weighted by molar-refractivity contribution is 6.14. The number of amides is 1. The molecule has 274 valence electrons. The molecule has 5 rings (SSSR count). The average Bonchev–Trinajstić information content (AvgIpc) is 3.38. The number of hydrogen-bond donors (Lipinski definition) is 4. The number of carboxylic acid groups (broad SMARTS) is 1. The summed E-state index contributed by atoms with van der Waals surface area (Å²) in [7, 11) is 1.41. The third-order valence-electron chi connectivity index (χ3n) is 11.2. The monoisotopic (exact) mass is 706 g/mol. The van der Waals surface area contributed by atoms with Crippen LogP contribution in [0.15, 0.2) is 64.6 Å². The Bertz CT molecular complexity index is 1730. The minimum atomic E-state index is -1.47. The molecule has 13 heteroatoms. The van der Waals surface area contributed by atoms with Gasteiger partial charge in [-0.3, -0.25) is 19.2 Å². The Labute approximate surface area is 296 Å². The molecular formula is C38H46N2O11. The van der Waals surface area contributed by atoms with Crippen LogP contribution in [0.4, 0.5) is 0 Å². The number of fused-ring (bicyclic) bond motifs is 4. The summed E-state index contributed by atoms with van der Waals surface area (Å²) < 4.78 is 17.2. The number of rotatable bonds is 12. The maximum atomic E-state index is 14.3. The maximum absolute atomic E-state index is 14.3. The summed E-state index contributed by atoms with van der Waals surface area (Å²) in [6.45, 7) is 8.03. The number of aliphatic hydroxyl groups is 1. The van der Waals surface area contributed by atoms with E-state index in [0.29, 0.717) is 18.4 Å². The van der Waals surface area contributed by atoms with Crippen LogP contribution in [0.5, 0.6) is 0 Å². The number of carbonyl (C=O) groups excluding carboxylic acids is 5. The molecule has 1 aliphatic heterocycles. The predicted molar refractivity (Wildman–Crippen MR) is 182 cm³/mol. The highest BCUT2D eigenvalue weighted by atomic mass is 16.6. The molecule has 0 aromatic heterocycles. The molecule has 1 amide bonds. The summed E-state index contributed by atoms with van der Waals surface area (Å²) in [5.74, 6) is -5.94. The molecule has 1 saturated carbocycles. The van der Waals surface area contributed by atoms with Gasteiger partial charge in [-0.2, -0.15) is 0 Å². The molecule has 4 N–H and O–H groups in total. The topological polar surface area (TPSA) is 195 Å². The van der Waals surface area contributed by atoms with Gasteiger partial charge in [0.25, 0.3) is 0 Å². The lowest BCUT2D eigenvalue weighted by Crippen LogP contribution is -2.57. The van der Waals surface area contributed by atoms with Gasteiger partial charge >= 0.3 is 17.9 Å².